The van der Waals surface area contributed by atoms with Gasteiger partial charge in [-0.3, -0.25) is 9.59 Å². The van der Waals surface area contributed by atoms with Gasteiger partial charge in [-0.1, -0.05) is 36.4 Å². The number of nitrogens with zero attached hydrogens (tertiary/aromatic N) is 1. The number of ether oxygens (including phenoxy) is 1. The number of amides is 2. The Morgan fingerprint density at radius 2 is 1.73 bits per heavy atom. The van der Waals surface area contributed by atoms with Crippen molar-refractivity contribution in [3.8, 4) is 0 Å². The Kier molecular flexibility index (Phi) is 7.58. The first-order valence-corrected chi connectivity index (χ1v) is 11.7. The highest BCUT2D eigenvalue weighted by Gasteiger charge is 2.21. The number of hydrogen-bond donors (Lipinski definition) is 2. The van der Waals surface area contributed by atoms with Crippen LogP contribution >= 0.6 is 0 Å². The van der Waals surface area contributed by atoms with Gasteiger partial charge in [0.1, 0.15) is 0 Å². The first kappa shape index (κ1) is 22.8. The van der Waals surface area contributed by atoms with Crippen LogP contribution in [0.1, 0.15) is 46.9 Å². The molecule has 0 atom stereocenters. The third-order valence-corrected chi connectivity index (χ3v) is 5.94. The predicted molar refractivity (Wildman–Crippen MR) is 133 cm³/mol. The zero-order valence-electron chi connectivity index (χ0n) is 19.1. The average Bonchev–Trinajstić information content (AvgIpc) is 3.38. The summed E-state index contributed by atoms with van der Waals surface area (Å²) in [6.45, 7) is 5.67. The standard InChI is InChI=1S/C27H31N3O3/c1-2-33-18-8-15-28-26(31)24-19-21(13-14-25(24)30-16-5-6-17-30)29-27(32)23-12-7-10-20-9-3-4-11-22(20)23/h3-4,7,9-14,19H,2,5-6,8,15-18H2,1H3,(H,28,31)(H,29,32). The van der Waals surface area contributed by atoms with Crippen LogP contribution in [0.3, 0.4) is 0 Å². The second kappa shape index (κ2) is 11.0. The van der Waals surface area contributed by atoms with E-state index in [-0.39, 0.29) is 11.8 Å². The molecular weight excluding hydrogens is 414 g/mol. The summed E-state index contributed by atoms with van der Waals surface area (Å²) in [5.74, 6) is -0.321. The highest BCUT2D eigenvalue weighted by Crippen LogP contribution is 2.28. The first-order chi connectivity index (χ1) is 16.2. The van der Waals surface area contributed by atoms with E-state index in [1.807, 2.05) is 61.5 Å². The molecule has 1 aliphatic rings. The molecule has 1 heterocycles. The van der Waals surface area contributed by atoms with Crippen LogP contribution in [0.5, 0.6) is 0 Å². The Balaban J connectivity index is 1.55. The van der Waals surface area contributed by atoms with Crippen molar-refractivity contribution in [2.24, 2.45) is 0 Å². The molecule has 1 aliphatic heterocycles. The normalized spacial score (nSPS) is 13.3. The second-order valence-corrected chi connectivity index (χ2v) is 8.21. The third-order valence-electron chi connectivity index (χ3n) is 5.94. The molecule has 0 aromatic heterocycles. The molecule has 172 valence electrons. The number of fused-ring (bicyclic) bond motifs is 1. The molecule has 4 rings (SSSR count). The Labute approximate surface area is 194 Å². The fraction of sp³-hybridized carbons (Fsp3) is 0.333. The summed E-state index contributed by atoms with van der Waals surface area (Å²) >= 11 is 0. The minimum absolute atomic E-state index is 0.130. The van der Waals surface area contributed by atoms with Gasteiger partial charge in [0.25, 0.3) is 11.8 Å². The quantitative estimate of drug-likeness (QED) is 0.462. The largest absolute Gasteiger partial charge is 0.382 e. The number of anilines is 2. The number of hydrogen-bond acceptors (Lipinski definition) is 4. The predicted octanol–water partition coefficient (Wildman–Crippen LogP) is 4.85. The minimum atomic E-state index is -0.191. The molecule has 33 heavy (non-hydrogen) atoms. The summed E-state index contributed by atoms with van der Waals surface area (Å²) in [6, 6.07) is 19.1. The van der Waals surface area contributed by atoms with Gasteiger partial charge in [0.15, 0.2) is 0 Å². The molecule has 3 aromatic carbocycles. The van der Waals surface area contributed by atoms with Gasteiger partial charge in [-0.2, -0.15) is 0 Å². The van der Waals surface area contributed by atoms with Gasteiger partial charge in [0, 0.05) is 49.8 Å². The van der Waals surface area contributed by atoms with Crippen molar-refractivity contribution in [3.63, 3.8) is 0 Å². The van der Waals surface area contributed by atoms with Crippen molar-refractivity contribution in [1.29, 1.82) is 0 Å². The smallest absolute Gasteiger partial charge is 0.256 e. The third kappa shape index (κ3) is 5.52. The highest BCUT2D eigenvalue weighted by molar-refractivity contribution is 6.13. The van der Waals surface area contributed by atoms with Crippen LogP contribution in [0.15, 0.2) is 60.7 Å². The lowest BCUT2D eigenvalue weighted by atomic mass is 10.0. The monoisotopic (exact) mass is 445 g/mol. The van der Waals surface area contributed by atoms with Crippen LogP contribution in [-0.4, -0.2) is 44.7 Å². The van der Waals surface area contributed by atoms with Crippen LogP contribution in [0.4, 0.5) is 11.4 Å². The van der Waals surface area contributed by atoms with E-state index in [1.54, 1.807) is 6.07 Å². The maximum atomic E-state index is 13.1. The molecule has 1 saturated heterocycles. The van der Waals surface area contributed by atoms with E-state index in [2.05, 4.69) is 15.5 Å². The molecule has 6 nitrogen and oxygen atoms in total. The summed E-state index contributed by atoms with van der Waals surface area (Å²) < 4.78 is 5.35. The van der Waals surface area contributed by atoms with Crippen molar-refractivity contribution in [2.45, 2.75) is 26.2 Å². The maximum Gasteiger partial charge on any atom is 0.256 e. The van der Waals surface area contributed by atoms with Crippen LogP contribution in [-0.2, 0) is 4.74 Å². The topological polar surface area (TPSA) is 70.7 Å². The Hall–Kier alpha value is -3.38. The summed E-state index contributed by atoms with van der Waals surface area (Å²) in [5, 5.41) is 7.91. The Bertz CT molecular complexity index is 1120. The van der Waals surface area contributed by atoms with Crippen molar-refractivity contribution >= 4 is 34.0 Å². The number of carbonyl (C=O) groups is 2. The minimum Gasteiger partial charge on any atom is -0.382 e. The molecule has 6 heteroatoms. The molecule has 3 aromatic rings. The lowest BCUT2D eigenvalue weighted by Crippen LogP contribution is -2.29. The molecule has 1 fully saturated rings. The summed E-state index contributed by atoms with van der Waals surface area (Å²) in [4.78, 5) is 28.4. The summed E-state index contributed by atoms with van der Waals surface area (Å²) in [7, 11) is 0. The van der Waals surface area contributed by atoms with Gasteiger partial charge in [0.2, 0.25) is 0 Å². The van der Waals surface area contributed by atoms with Gasteiger partial charge < -0.3 is 20.3 Å². The maximum absolute atomic E-state index is 13.1. The van der Waals surface area contributed by atoms with E-state index >= 15 is 0 Å². The molecule has 2 amide bonds. The van der Waals surface area contributed by atoms with E-state index in [9.17, 15) is 9.59 Å². The molecule has 0 bridgehead atoms. The van der Waals surface area contributed by atoms with E-state index in [1.165, 1.54) is 0 Å². The van der Waals surface area contributed by atoms with E-state index in [4.69, 9.17) is 4.74 Å². The molecule has 0 saturated carbocycles. The fourth-order valence-electron chi connectivity index (χ4n) is 4.27. The summed E-state index contributed by atoms with van der Waals surface area (Å²) in [5.41, 5.74) is 2.72. The molecular formula is C27H31N3O3. The van der Waals surface area contributed by atoms with Crippen molar-refractivity contribution < 1.29 is 14.3 Å². The van der Waals surface area contributed by atoms with Gasteiger partial charge in [-0.15, -0.1) is 0 Å². The Morgan fingerprint density at radius 1 is 0.939 bits per heavy atom. The van der Waals surface area contributed by atoms with Crippen LogP contribution < -0.4 is 15.5 Å². The van der Waals surface area contributed by atoms with Gasteiger partial charge in [-0.25, -0.2) is 0 Å². The molecule has 2 N–H and O–H groups in total. The van der Waals surface area contributed by atoms with Crippen LogP contribution in [0, 0.1) is 0 Å². The molecule has 0 spiro atoms. The van der Waals surface area contributed by atoms with Gasteiger partial charge >= 0.3 is 0 Å². The van der Waals surface area contributed by atoms with Crippen LogP contribution in [0.2, 0.25) is 0 Å². The number of carbonyl (C=O) groups excluding carboxylic acids is 2. The molecule has 0 unspecified atom stereocenters. The zero-order chi connectivity index (χ0) is 23.0. The first-order valence-electron chi connectivity index (χ1n) is 11.7. The van der Waals surface area contributed by atoms with Gasteiger partial charge in [-0.05, 0) is 61.2 Å². The number of benzene rings is 3. The zero-order valence-corrected chi connectivity index (χ0v) is 19.1. The van der Waals surface area contributed by atoms with Gasteiger partial charge in [0.05, 0.1) is 5.56 Å². The SMILES string of the molecule is CCOCCCNC(=O)c1cc(NC(=O)c2cccc3ccccc23)ccc1N1CCCC1. The Morgan fingerprint density at radius 3 is 2.55 bits per heavy atom. The molecule has 0 aliphatic carbocycles. The highest BCUT2D eigenvalue weighted by atomic mass is 16.5. The fourth-order valence-corrected chi connectivity index (χ4v) is 4.27. The molecule has 0 radical (unpaired) electrons. The van der Waals surface area contributed by atoms with E-state index in [0.717, 1.165) is 48.8 Å². The van der Waals surface area contributed by atoms with E-state index in [0.29, 0.717) is 36.6 Å². The lowest BCUT2D eigenvalue weighted by molar-refractivity contribution is 0.0943. The average molecular weight is 446 g/mol. The van der Waals surface area contributed by atoms with Crippen LogP contribution in [0.25, 0.3) is 10.8 Å². The number of nitrogens with one attached hydrogen (secondary N) is 2. The van der Waals surface area contributed by atoms with E-state index < -0.39 is 0 Å². The summed E-state index contributed by atoms with van der Waals surface area (Å²) in [6.07, 6.45) is 3.00. The van der Waals surface area contributed by atoms with Crippen molar-refractivity contribution in [3.05, 3.63) is 71.8 Å². The lowest BCUT2D eigenvalue weighted by Gasteiger charge is -2.22. The van der Waals surface area contributed by atoms with Crippen molar-refractivity contribution in [1.82, 2.24) is 5.32 Å². The second-order valence-electron chi connectivity index (χ2n) is 8.21. The van der Waals surface area contributed by atoms with Crippen molar-refractivity contribution in [2.75, 3.05) is 43.1 Å². The number of rotatable bonds is 9.